The molecule has 2 rings (SSSR count). The number of benzene rings is 1. The fraction of sp³-hybridized carbons (Fsp3) is 0.533. The van der Waals surface area contributed by atoms with Crippen molar-refractivity contribution in [1.82, 2.24) is 9.62 Å². The van der Waals surface area contributed by atoms with E-state index in [-0.39, 0.29) is 10.8 Å². The number of sulfonamides is 1. The van der Waals surface area contributed by atoms with Crippen molar-refractivity contribution in [2.75, 3.05) is 20.2 Å². The number of hydrogen-bond acceptors (Lipinski definition) is 4. The summed E-state index contributed by atoms with van der Waals surface area (Å²) < 4.78 is 32.3. The van der Waals surface area contributed by atoms with Crippen LogP contribution in [0.2, 0.25) is 0 Å². The molecule has 0 unspecified atom stereocenters. The van der Waals surface area contributed by atoms with Crippen LogP contribution in [0.15, 0.2) is 23.1 Å². The summed E-state index contributed by atoms with van der Waals surface area (Å²) in [5.74, 6) is 0.252. The maximum atomic E-state index is 12.9. The molecule has 0 spiro atoms. The largest absolute Gasteiger partial charge is 0.497 e. The van der Waals surface area contributed by atoms with Gasteiger partial charge in [0.2, 0.25) is 15.9 Å². The number of aryl methyl sites for hydroxylation is 1. The Bertz CT molecular complexity index is 658. The summed E-state index contributed by atoms with van der Waals surface area (Å²) >= 11 is 0. The predicted octanol–water partition coefficient (Wildman–Crippen LogP) is 1.29. The highest BCUT2D eigenvalue weighted by atomic mass is 32.2. The maximum Gasteiger partial charge on any atom is 0.244 e. The Morgan fingerprint density at radius 2 is 2.18 bits per heavy atom. The van der Waals surface area contributed by atoms with Gasteiger partial charge >= 0.3 is 0 Å². The molecule has 1 heterocycles. The molecule has 0 aliphatic carbocycles. The van der Waals surface area contributed by atoms with E-state index in [1.165, 1.54) is 17.5 Å². The number of ether oxygens (including phenoxy) is 1. The topological polar surface area (TPSA) is 75.7 Å². The minimum Gasteiger partial charge on any atom is -0.497 e. The van der Waals surface area contributed by atoms with Gasteiger partial charge in [0.05, 0.1) is 12.0 Å². The van der Waals surface area contributed by atoms with Gasteiger partial charge in [-0.1, -0.05) is 6.07 Å². The van der Waals surface area contributed by atoms with Gasteiger partial charge in [0.25, 0.3) is 0 Å². The van der Waals surface area contributed by atoms with Crippen molar-refractivity contribution in [3.63, 3.8) is 0 Å². The van der Waals surface area contributed by atoms with Gasteiger partial charge in [-0.15, -0.1) is 0 Å². The van der Waals surface area contributed by atoms with Gasteiger partial charge in [0.1, 0.15) is 11.8 Å². The predicted molar refractivity (Wildman–Crippen MR) is 83.3 cm³/mol. The molecule has 6 nitrogen and oxygen atoms in total. The number of carbonyl (C=O) groups is 1. The van der Waals surface area contributed by atoms with E-state index < -0.39 is 16.1 Å². The maximum absolute atomic E-state index is 12.9. The van der Waals surface area contributed by atoms with Crippen molar-refractivity contribution in [2.24, 2.45) is 0 Å². The summed E-state index contributed by atoms with van der Waals surface area (Å²) in [7, 11) is -2.23. The van der Waals surface area contributed by atoms with Crippen molar-refractivity contribution < 1.29 is 17.9 Å². The molecule has 1 amide bonds. The minimum absolute atomic E-state index is 0.197. The van der Waals surface area contributed by atoms with E-state index in [1.807, 2.05) is 6.92 Å². The van der Waals surface area contributed by atoms with Crippen LogP contribution < -0.4 is 10.1 Å². The van der Waals surface area contributed by atoms with E-state index in [0.717, 1.165) is 0 Å². The quantitative estimate of drug-likeness (QED) is 0.885. The number of carbonyl (C=O) groups excluding carboxylic acids is 1. The highest BCUT2D eigenvalue weighted by Crippen LogP contribution is 2.30. The fourth-order valence-corrected chi connectivity index (χ4v) is 4.59. The molecule has 0 aromatic heterocycles. The molecule has 7 heteroatoms. The van der Waals surface area contributed by atoms with Crippen LogP contribution in [0.1, 0.15) is 25.3 Å². The monoisotopic (exact) mass is 326 g/mol. The van der Waals surface area contributed by atoms with Crippen LogP contribution in [0.5, 0.6) is 5.75 Å². The summed E-state index contributed by atoms with van der Waals surface area (Å²) in [5.41, 5.74) is 0.641. The summed E-state index contributed by atoms with van der Waals surface area (Å²) in [5, 5.41) is 2.71. The molecule has 1 atom stereocenters. The number of nitrogens with zero attached hydrogens (tertiary/aromatic N) is 1. The third-order valence-corrected chi connectivity index (χ3v) is 5.89. The molecule has 22 heavy (non-hydrogen) atoms. The van der Waals surface area contributed by atoms with E-state index >= 15 is 0 Å². The van der Waals surface area contributed by atoms with Gasteiger partial charge in [0, 0.05) is 19.2 Å². The van der Waals surface area contributed by atoms with Gasteiger partial charge < -0.3 is 10.1 Å². The second-order valence-electron chi connectivity index (χ2n) is 5.30. The fourth-order valence-electron chi connectivity index (χ4n) is 2.69. The van der Waals surface area contributed by atoms with Crippen LogP contribution in [0.25, 0.3) is 0 Å². The summed E-state index contributed by atoms with van der Waals surface area (Å²) in [6, 6.07) is 4.32. The summed E-state index contributed by atoms with van der Waals surface area (Å²) in [6.07, 6.45) is 1.23. The molecule has 1 aliphatic heterocycles. The average Bonchev–Trinajstić information content (AvgIpc) is 2.98. The molecule has 122 valence electrons. The lowest BCUT2D eigenvalue weighted by molar-refractivity contribution is -0.124. The van der Waals surface area contributed by atoms with E-state index in [9.17, 15) is 13.2 Å². The Balaban J connectivity index is 2.39. The Kier molecular flexibility index (Phi) is 5.08. The first kappa shape index (κ1) is 16.8. The molecule has 0 saturated carbocycles. The molecular weight excluding hydrogens is 304 g/mol. The van der Waals surface area contributed by atoms with Crippen LogP contribution in [0.4, 0.5) is 0 Å². The number of rotatable bonds is 5. The third kappa shape index (κ3) is 3.10. The molecule has 1 fully saturated rings. The Morgan fingerprint density at radius 1 is 1.45 bits per heavy atom. The van der Waals surface area contributed by atoms with Gasteiger partial charge in [-0.3, -0.25) is 4.79 Å². The van der Waals surface area contributed by atoms with Gasteiger partial charge in [-0.25, -0.2) is 8.42 Å². The van der Waals surface area contributed by atoms with Crippen molar-refractivity contribution >= 4 is 15.9 Å². The van der Waals surface area contributed by atoms with E-state index in [0.29, 0.717) is 37.2 Å². The van der Waals surface area contributed by atoms with Gasteiger partial charge in [0.15, 0.2) is 0 Å². The Hall–Kier alpha value is -1.60. The number of hydrogen-bond donors (Lipinski definition) is 1. The normalized spacial score (nSPS) is 19.1. The summed E-state index contributed by atoms with van der Waals surface area (Å²) in [4.78, 5) is 12.3. The second kappa shape index (κ2) is 6.66. The Labute approximate surface area is 131 Å². The van der Waals surface area contributed by atoms with Gasteiger partial charge in [-0.2, -0.15) is 4.31 Å². The SMILES string of the molecule is CCNC(=O)[C@H]1CCCN1S(=O)(=O)c1cc(OC)ccc1C. The first-order chi connectivity index (χ1) is 10.4. The third-order valence-electron chi connectivity index (χ3n) is 3.84. The molecule has 1 aromatic carbocycles. The van der Waals surface area contributed by atoms with Crippen LogP contribution in [-0.2, 0) is 14.8 Å². The molecule has 1 N–H and O–H groups in total. The zero-order chi connectivity index (χ0) is 16.3. The lowest BCUT2D eigenvalue weighted by Crippen LogP contribution is -2.45. The van der Waals surface area contributed by atoms with Crippen molar-refractivity contribution in [3.8, 4) is 5.75 Å². The first-order valence-corrected chi connectivity index (χ1v) is 8.80. The zero-order valence-electron chi connectivity index (χ0n) is 13.1. The lowest BCUT2D eigenvalue weighted by Gasteiger charge is -2.24. The van der Waals surface area contributed by atoms with E-state index in [2.05, 4.69) is 5.32 Å². The Morgan fingerprint density at radius 3 is 2.82 bits per heavy atom. The molecule has 1 aliphatic rings. The van der Waals surface area contributed by atoms with Crippen LogP contribution in [-0.4, -0.2) is 44.9 Å². The number of methoxy groups -OCH3 is 1. The first-order valence-electron chi connectivity index (χ1n) is 7.36. The van der Waals surface area contributed by atoms with Crippen LogP contribution in [0, 0.1) is 6.92 Å². The summed E-state index contributed by atoms with van der Waals surface area (Å²) in [6.45, 7) is 4.41. The van der Waals surface area contributed by atoms with Crippen molar-refractivity contribution in [3.05, 3.63) is 23.8 Å². The molecule has 0 bridgehead atoms. The van der Waals surface area contributed by atoms with Crippen molar-refractivity contribution in [1.29, 1.82) is 0 Å². The highest BCUT2D eigenvalue weighted by Gasteiger charge is 2.39. The van der Waals surface area contributed by atoms with Crippen LogP contribution >= 0.6 is 0 Å². The average molecular weight is 326 g/mol. The molecule has 0 radical (unpaired) electrons. The van der Waals surface area contributed by atoms with E-state index in [4.69, 9.17) is 4.74 Å². The number of likely N-dealkylation sites (N-methyl/N-ethyl adjacent to an activating group) is 1. The molecule has 1 saturated heterocycles. The second-order valence-corrected chi connectivity index (χ2v) is 7.16. The number of nitrogens with one attached hydrogen (secondary N) is 1. The highest BCUT2D eigenvalue weighted by molar-refractivity contribution is 7.89. The smallest absolute Gasteiger partial charge is 0.244 e. The standard InChI is InChI=1S/C15H22N2O4S/c1-4-16-15(18)13-6-5-9-17(13)22(19,20)14-10-12(21-3)8-7-11(14)2/h7-8,10,13H,4-6,9H2,1-3H3,(H,16,18)/t13-/m1/s1. The van der Waals surface area contributed by atoms with Crippen LogP contribution in [0.3, 0.4) is 0 Å². The molecule has 1 aromatic rings. The zero-order valence-corrected chi connectivity index (χ0v) is 13.9. The van der Waals surface area contributed by atoms with Gasteiger partial charge in [-0.05, 0) is 38.3 Å². The van der Waals surface area contributed by atoms with Crippen molar-refractivity contribution in [2.45, 2.75) is 37.6 Å². The lowest BCUT2D eigenvalue weighted by atomic mass is 10.2. The number of amides is 1. The van der Waals surface area contributed by atoms with E-state index in [1.54, 1.807) is 19.1 Å². The minimum atomic E-state index is -3.72. The molecular formula is C15H22N2O4S.